The first kappa shape index (κ1) is 24.9. The molecule has 3 aromatic rings. The van der Waals surface area contributed by atoms with Crippen molar-refractivity contribution in [1.82, 2.24) is 30.5 Å². The van der Waals surface area contributed by atoms with Crippen molar-refractivity contribution in [3.05, 3.63) is 60.2 Å². The summed E-state index contributed by atoms with van der Waals surface area (Å²) in [6, 6.07) is 15.8. The van der Waals surface area contributed by atoms with Gasteiger partial charge >= 0.3 is 0 Å². The van der Waals surface area contributed by atoms with E-state index in [4.69, 9.17) is 0 Å². The molecule has 0 aliphatic carbocycles. The number of carbonyl (C=O) groups is 3. The van der Waals surface area contributed by atoms with Gasteiger partial charge in [-0.05, 0) is 37.5 Å². The quantitative estimate of drug-likeness (QED) is 0.397. The van der Waals surface area contributed by atoms with Crippen LogP contribution in [-0.2, 0) is 27.6 Å². The lowest BCUT2D eigenvalue weighted by molar-refractivity contribution is -0.142. The van der Waals surface area contributed by atoms with Crippen LogP contribution in [0.15, 0.2) is 54.6 Å². The molecule has 0 saturated carbocycles. The number of carbonyl (C=O) groups excluding carboxylic acids is 3. The highest BCUT2D eigenvalue weighted by molar-refractivity contribution is 8.02. The molecule has 10 nitrogen and oxygen atoms in total. The molecular formula is C27H30N6O4S. The van der Waals surface area contributed by atoms with Gasteiger partial charge in [0.2, 0.25) is 17.7 Å². The number of nitrogens with one attached hydrogen (secondary N) is 2. The Hall–Kier alpha value is -3.44. The smallest absolute Gasteiger partial charge is 0.245 e. The lowest BCUT2D eigenvalue weighted by atomic mass is 9.70. The number of para-hydroxylation sites is 1. The number of hydrogen-bond donors (Lipinski definition) is 3. The summed E-state index contributed by atoms with van der Waals surface area (Å²) in [5.41, 5.74) is 2.50. The zero-order valence-electron chi connectivity index (χ0n) is 21.0. The van der Waals surface area contributed by atoms with E-state index < -0.39 is 28.7 Å². The number of thioether (sulfide) groups is 1. The van der Waals surface area contributed by atoms with E-state index in [-0.39, 0.29) is 36.2 Å². The third kappa shape index (κ3) is 3.87. The molecule has 3 fully saturated rings. The van der Waals surface area contributed by atoms with Gasteiger partial charge in [-0.25, -0.2) is 4.68 Å². The Morgan fingerprint density at radius 3 is 2.68 bits per heavy atom. The van der Waals surface area contributed by atoms with Crippen LogP contribution >= 0.6 is 11.8 Å². The Balaban J connectivity index is 1.25. The summed E-state index contributed by atoms with van der Waals surface area (Å²) >= 11 is 1.60. The van der Waals surface area contributed by atoms with E-state index in [2.05, 4.69) is 20.9 Å². The summed E-state index contributed by atoms with van der Waals surface area (Å²) < 4.78 is 0.895. The Morgan fingerprint density at radius 1 is 1.13 bits per heavy atom. The molecule has 6 rings (SSSR count). The third-order valence-corrected chi connectivity index (χ3v) is 10.1. The summed E-state index contributed by atoms with van der Waals surface area (Å²) in [4.78, 5) is 42.7. The second-order valence-corrected chi connectivity index (χ2v) is 11.9. The molecule has 2 bridgehead atoms. The number of aromatic nitrogens is 3. The van der Waals surface area contributed by atoms with E-state index >= 15 is 0 Å². The van der Waals surface area contributed by atoms with Crippen molar-refractivity contribution in [2.45, 2.75) is 55.1 Å². The molecule has 38 heavy (non-hydrogen) atoms. The monoisotopic (exact) mass is 534 g/mol. The van der Waals surface area contributed by atoms with E-state index in [0.717, 1.165) is 23.0 Å². The first-order valence-electron chi connectivity index (χ1n) is 12.9. The highest BCUT2D eigenvalue weighted by Gasteiger charge is 2.73. The van der Waals surface area contributed by atoms with Crippen LogP contribution in [-0.4, -0.2) is 71.4 Å². The van der Waals surface area contributed by atoms with Crippen LogP contribution < -0.4 is 10.6 Å². The molecule has 2 aromatic carbocycles. The molecule has 198 valence electrons. The van der Waals surface area contributed by atoms with Gasteiger partial charge in [-0.3, -0.25) is 14.4 Å². The van der Waals surface area contributed by atoms with Crippen molar-refractivity contribution in [3.63, 3.8) is 0 Å². The minimum atomic E-state index is -0.793. The average Bonchev–Trinajstić information content (AvgIpc) is 3.69. The molecule has 2 unspecified atom stereocenters. The average molecular weight is 535 g/mol. The fourth-order valence-corrected chi connectivity index (χ4v) is 8.65. The Kier molecular flexibility index (Phi) is 6.35. The molecule has 4 heterocycles. The van der Waals surface area contributed by atoms with Gasteiger partial charge in [0.25, 0.3) is 0 Å². The fourth-order valence-electron chi connectivity index (χ4n) is 6.44. The van der Waals surface area contributed by atoms with E-state index in [1.54, 1.807) is 23.4 Å². The van der Waals surface area contributed by atoms with Gasteiger partial charge in [-0.2, -0.15) is 0 Å². The van der Waals surface area contributed by atoms with E-state index in [1.165, 1.54) is 4.90 Å². The minimum Gasteiger partial charge on any atom is -0.394 e. The SMILES string of the molecule is C[C@H](CO)N1C(=O)[C@@H]2[C@@H](C(=O)NCc3ccccc3)[C@H]3CCC2(S3)C1C(=O)NCn1nnc2ccccc21. The summed E-state index contributed by atoms with van der Waals surface area (Å²) in [5, 5.41) is 24.2. The van der Waals surface area contributed by atoms with E-state index in [9.17, 15) is 19.5 Å². The van der Waals surface area contributed by atoms with Gasteiger partial charge in [0.15, 0.2) is 0 Å². The maximum atomic E-state index is 13.9. The van der Waals surface area contributed by atoms with Gasteiger partial charge in [-0.15, -0.1) is 16.9 Å². The van der Waals surface area contributed by atoms with Crippen molar-refractivity contribution >= 4 is 40.5 Å². The summed E-state index contributed by atoms with van der Waals surface area (Å²) in [7, 11) is 0. The fraction of sp³-hybridized carbons (Fsp3) is 0.444. The second-order valence-electron chi connectivity index (χ2n) is 10.3. The number of hydrogen-bond acceptors (Lipinski definition) is 7. The first-order valence-corrected chi connectivity index (χ1v) is 13.8. The topological polar surface area (TPSA) is 129 Å². The van der Waals surface area contributed by atoms with Crippen molar-refractivity contribution in [3.8, 4) is 0 Å². The molecule has 3 aliphatic rings. The Labute approximate surface area is 224 Å². The Bertz CT molecular complexity index is 1380. The number of nitrogens with zero attached hydrogens (tertiary/aromatic N) is 4. The van der Waals surface area contributed by atoms with Gasteiger partial charge in [-0.1, -0.05) is 47.7 Å². The zero-order chi connectivity index (χ0) is 26.4. The number of aliphatic hydroxyl groups excluding tert-OH is 1. The maximum Gasteiger partial charge on any atom is 0.245 e. The lowest BCUT2D eigenvalue weighted by Gasteiger charge is -2.35. The summed E-state index contributed by atoms with van der Waals surface area (Å²) in [5.74, 6) is -1.82. The molecule has 11 heteroatoms. The molecule has 3 aliphatic heterocycles. The number of fused-ring (bicyclic) bond motifs is 2. The van der Waals surface area contributed by atoms with Crippen molar-refractivity contribution in [2.24, 2.45) is 11.8 Å². The van der Waals surface area contributed by atoms with Crippen LogP contribution in [0, 0.1) is 11.8 Å². The van der Waals surface area contributed by atoms with Crippen LogP contribution in [0.25, 0.3) is 11.0 Å². The molecule has 6 atom stereocenters. The maximum absolute atomic E-state index is 13.9. The van der Waals surface area contributed by atoms with Crippen molar-refractivity contribution in [2.75, 3.05) is 6.61 Å². The highest BCUT2D eigenvalue weighted by atomic mass is 32.2. The van der Waals surface area contributed by atoms with E-state index in [0.29, 0.717) is 13.0 Å². The van der Waals surface area contributed by atoms with E-state index in [1.807, 2.05) is 54.6 Å². The number of benzene rings is 2. The number of likely N-dealkylation sites (tertiary alicyclic amines) is 1. The third-order valence-electron chi connectivity index (χ3n) is 8.16. The summed E-state index contributed by atoms with van der Waals surface area (Å²) in [6.07, 6.45) is 1.43. The van der Waals surface area contributed by atoms with Crippen LogP contribution in [0.4, 0.5) is 0 Å². The molecule has 1 aromatic heterocycles. The van der Waals surface area contributed by atoms with Gasteiger partial charge in [0.05, 0.1) is 34.7 Å². The second kappa shape index (κ2) is 9.70. The molecule has 0 radical (unpaired) electrons. The largest absolute Gasteiger partial charge is 0.394 e. The first-order chi connectivity index (χ1) is 18.4. The molecule has 3 amide bonds. The van der Waals surface area contributed by atoms with Crippen LogP contribution in [0.5, 0.6) is 0 Å². The van der Waals surface area contributed by atoms with Crippen LogP contribution in [0.3, 0.4) is 0 Å². The standard InChI is InChI=1S/C27H30N6O4S/c1-16(14-34)33-23(25(36)29-15-32-19-10-6-5-9-18(19)30-31-32)27-12-11-20(38-27)21(22(27)26(33)37)24(35)28-13-17-7-3-2-4-8-17/h2-10,16,20-23,34H,11-15H2,1H3,(H,28,35)(H,29,36)/t16-,20-,21+,22+,23?,27?/m1/s1. The highest BCUT2D eigenvalue weighted by Crippen LogP contribution is 2.66. The minimum absolute atomic E-state index is 0.0270. The number of aliphatic hydroxyl groups is 1. The Morgan fingerprint density at radius 2 is 1.89 bits per heavy atom. The normalized spacial score (nSPS) is 28.5. The van der Waals surface area contributed by atoms with Crippen molar-refractivity contribution < 1.29 is 19.5 Å². The number of rotatable bonds is 8. The van der Waals surface area contributed by atoms with Crippen LogP contribution in [0.2, 0.25) is 0 Å². The molecular weight excluding hydrogens is 504 g/mol. The van der Waals surface area contributed by atoms with Crippen LogP contribution in [0.1, 0.15) is 25.3 Å². The molecule has 3 saturated heterocycles. The number of amides is 3. The molecule has 1 spiro atoms. The van der Waals surface area contributed by atoms with Gasteiger partial charge in [0, 0.05) is 11.8 Å². The lowest BCUT2D eigenvalue weighted by Crippen LogP contribution is -2.56. The zero-order valence-corrected chi connectivity index (χ0v) is 21.8. The summed E-state index contributed by atoms with van der Waals surface area (Å²) in [6.45, 7) is 1.95. The van der Waals surface area contributed by atoms with Gasteiger partial charge in [0.1, 0.15) is 18.2 Å². The predicted octanol–water partition coefficient (Wildman–Crippen LogP) is 1.29. The predicted molar refractivity (Wildman–Crippen MR) is 141 cm³/mol. The van der Waals surface area contributed by atoms with Crippen molar-refractivity contribution in [1.29, 1.82) is 0 Å². The molecule has 3 N–H and O–H groups in total. The van der Waals surface area contributed by atoms with Gasteiger partial charge < -0.3 is 20.6 Å².